The number of halogens is 1. The van der Waals surface area contributed by atoms with Gasteiger partial charge in [-0.1, -0.05) is 22.9 Å². The first-order valence-electron chi connectivity index (χ1n) is 6.03. The van der Waals surface area contributed by atoms with Gasteiger partial charge in [0.2, 0.25) is 0 Å². The van der Waals surface area contributed by atoms with Crippen molar-refractivity contribution in [2.24, 2.45) is 4.99 Å². The summed E-state index contributed by atoms with van der Waals surface area (Å²) in [6.45, 7) is 3.36. The second kappa shape index (κ2) is 4.28. The maximum absolute atomic E-state index is 12.3. The number of rotatable bonds is 1. The van der Waals surface area contributed by atoms with E-state index in [2.05, 4.69) is 9.98 Å². The zero-order valence-electron chi connectivity index (χ0n) is 10.5. The van der Waals surface area contributed by atoms with Crippen LogP contribution in [-0.4, -0.2) is 20.5 Å². The average Bonchev–Trinajstić information content (AvgIpc) is 3.12. The van der Waals surface area contributed by atoms with E-state index in [0.29, 0.717) is 22.8 Å². The van der Waals surface area contributed by atoms with Crippen LogP contribution in [0.25, 0.3) is 11.0 Å². The molecule has 4 heterocycles. The highest BCUT2D eigenvalue weighted by atomic mass is 35.5. The van der Waals surface area contributed by atoms with Crippen molar-refractivity contribution in [2.45, 2.75) is 13.5 Å². The van der Waals surface area contributed by atoms with Crippen LogP contribution in [0.2, 0.25) is 5.15 Å². The number of fused-ring (bicyclic) bond motifs is 2. The van der Waals surface area contributed by atoms with Crippen molar-refractivity contribution in [1.82, 2.24) is 14.0 Å². The van der Waals surface area contributed by atoms with E-state index in [1.165, 1.54) is 22.7 Å². The minimum absolute atomic E-state index is 0.00477. The Hall–Kier alpha value is -1.44. The van der Waals surface area contributed by atoms with E-state index < -0.39 is 0 Å². The quantitative estimate of drug-likeness (QED) is 0.671. The molecule has 0 fully saturated rings. The number of nitrogens with zero attached hydrogens (tertiary/aromatic N) is 4. The Morgan fingerprint density at radius 3 is 3.15 bits per heavy atom. The Kier molecular flexibility index (Phi) is 2.63. The predicted molar refractivity (Wildman–Crippen MR) is 80.6 cm³/mol. The topological polar surface area (TPSA) is 51.7 Å². The summed E-state index contributed by atoms with van der Waals surface area (Å²) in [4.78, 5) is 22.5. The molecule has 0 aliphatic carbocycles. The van der Waals surface area contributed by atoms with E-state index in [1.807, 2.05) is 22.8 Å². The SMILES string of the molecule is Cc1csc2nc(Cl)c(/C=c3/sc4n(c3=O)CCN=4)n12. The zero-order chi connectivity index (χ0) is 13.9. The molecule has 0 unspecified atom stereocenters. The molecular weight excluding hydrogens is 316 g/mol. The van der Waals surface area contributed by atoms with E-state index >= 15 is 0 Å². The smallest absolute Gasteiger partial charge is 0.270 e. The lowest BCUT2D eigenvalue weighted by atomic mass is 10.4. The van der Waals surface area contributed by atoms with Gasteiger partial charge in [-0.15, -0.1) is 11.3 Å². The summed E-state index contributed by atoms with van der Waals surface area (Å²) in [5, 5.41) is 2.45. The van der Waals surface area contributed by atoms with Crippen molar-refractivity contribution < 1.29 is 0 Å². The lowest BCUT2D eigenvalue weighted by Gasteiger charge is -1.94. The van der Waals surface area contributed by atoms with Crippen LogP contribution in [0.5, 0.6) is 0 Å². The van der Waals surface area contributed by atoms with Crippen molar-refractivity contribution in [3.05, 3.63) is 41.6 Å². The molecule has 0 spiro atoms. The van der Waals surface area contributed by atoms with Gasteiger partial charge in [-0.25, -0.2) is 4.98 Å². The van der Waals surface area contributed by atoms with Crippen molar-refractivity contribution in [1.29, 1.82) is 0 Å². The summed E-state index contributed by atoms with van der Waals surface area (Å²) in [5.74, 6) is 0. The summed E-state index contributed by atoms with van der Waals surface area (Å²) in [5.41, 5.74) is 1.83. The second-order valence-electron chi connectivity index (χ2n) is 4.51. The molecule has 0 aromatic carbocycles. The summed E-state index contributed by atoms with van der Waals surface area (Å²) < 4.78 is 4.33. The fraction of sp³-hybridized carbons (Fsp3) is 0.250. The van der Waals surface area contributed by atoms with Crippen LogP contribution in [0.15, 0.2) is 15.2 Å². The fourth-order valence-corrected chi connectivity index (χ4v) is 4.46. The number of thiazole rings is 2. The van der Waals surface area contributed by atoms with Crippen molar-refractivity contribution in [3.63, 3.8) is 0 Å². The number of aromatic nitrogens is 3. The molecule has 0 amide bonds. The van der Waals surface area contributed by atoms with Gasteiger partial charge >= 0.3 is 0 Å². The molecule has 0 saturated carbocycles. The second-order valence-corrected chi connectivity index (χ2v) is 6.72. The highest BCUT2D eigenvalue weighted by Crippen LogP contribution is 2.24. The highest BCUT2D eigenvalue weighted by molar-refractivity contribution is 7.15. The molecule has 1 aliphatic rings. The first-order valence-corrected chi connectivity index (χ1v) is 8.10. The third-order valence-corrected chi connectivity index (χ3v) is 5.52. The van der Waals surface area contributed by atoms with Crippen LogP contribution in [-0.2, 0) is 6.54 Å². The van der Waals surface area contributed by atoms with Gasteiger partial charge in [0.25, 0.3) is 5.56 Å². The molecule has 5 nitrogen and oxygen atoms in total. The Balaban J connectivity index is 2.06. The molecule has 3 aromatic heterocycles. The number of imidazole rings is 1. The van der Waals surface area contributed by atoms with Gasteiger partial charge in [0.05, 0.1) is 16.8 Å². The van der Waals surface area contributed by atoms with E-state index in [4.69, 9.17) is 11.6 Å². The fourth-order valence-electron chi connectivity index (χ4n) is 2.31. The maximum atomic E-state index is 12.3. The van der Waals surface area contributed by atoms with Gasteiger partial charge in [-0.05, 0) is 13.0 Å². The summed E-state index contributed by atoms with van der Waals surface area (Å²) in [6, 6.07) is 0. The standard InChI is InChI=1S/C12H9ClN4OS2/c1-6-5-19-12-15-9(13)7(17(6)12)4-8-10(18)16-3-2-14-11(16)20-8/h4-5H,2-3H2,1H3/b8-4+. The minimum atomic E-state index is 0.00477. The van der Waals surface area contributed by atoms with Crippen molar-refractivity contribution >= 4 is 45.3 Å². The molecular formula is C12H9ClN4OS2. The molecule has 0 saturated heterocycles. The van der Waals surface area contributed by atoms with Crippen molar-refractivity contribution in [3.8, 4) is 0 Å². The molecule has 0 atom stereocenters. The monoisotopic (exact) mass is 324 g/mol. The van der Waals surface area contributed by atoms with Crippen LogP contribution in [0.4, 0.5) is 0 Å². The Morgan fingerprint density at radius 1 is 1.50 bits per heavy atom. The molecule has 0 bridgehead atoms. The normalized spacial score (nSPS) is 15.0. The van der Waals surface area contributed by atoms with Gasteiger partial charge in [0.15, 0.2) is 14.9 Å². The average molecular weight is 325 g/mol. The largest absolute Gasteiger partial charge is 0.287 e. The summed E-state index contributed by atoms with van der Waals surface area (Å²) in [6.07, 6.45) is 1.82. The number of hydrogen-bond donors (Lipinski definition) is 0. The van der Waals surface area contributed by atoms with E-state index in [0.717, 1.165) is 21.2 Å². The molecule has 0 radical (unpaired) electrons. The van der Waals surface area contributed by atoms with Crippen LogP contribution in [0.1, 0.15) is 11.4 Å². The van der Waals surface area contributed by atoms with E-state index in [1.54, 1.807) is 4.57 Å². The van der Waals surface area contributed by atoms with Gasteiger partial charge in [0, 0.05) is 17.6 Å². The lowest BCUT2D eigenvalue weighted by molar-refractivity contribution is 0.740. The Morgan fingerprint density at radius 2 is 2.35 bits per heavy atom. The van der Waals surface area contributed by atoms with Gasteiger partial charge in [0.1, 0.15) is 0 Å². The first-order chi connectivity index (χ1) is 9.65. The highest BCUT2D eigenvalue weighted by Gasteiger charge is 2.14. The lowest BCUT2D eigenvalue weighted by Crippen LogP contribution is -2.29. The Bertz CT molecular complexity index is 1010. The minimum Gasteiger partial charge on any atom is -0.287 e. The van der Waals surface area contributed by atoms with Crippen LogP contribution in [0, 0.1) is 6.92 Å². The summed E-state index contributed by atoms with van der Waals surface area (Å²) in [7, 11) is 0. The molecule has 1 aliphatic heterocycles. The Labute approximate surface area is 126 Å². The maximum Gasteiger partial charge on any atom is 0.270 e. The van der Waals surface area contributed by atoms with Gasteiger partial charge in [-0.2, -0.15) is 0 Å². The van der Waals surface area contributed by atoms with E-state index in [-0.39, 0.29) is 5.56 Å². The first kappa shape index (κ1) is 12.3. The van der Waals surface area contributed by atoms with Crippen LogP contribution >= 0.6 is 34.3 Å². The molecule has 3 aromatic rings. The predicted octanol–water partition coefficient (Wildman–Crippen LogP) is 1.04. The van der Waals surface area contributed by atoms with Crippen LogP contribution < -0.4 is 14.9 Å². The van der Waals surface area contributed by atoms with Crippen molar-refractivity contribution in [2.75, 3.05) is 6.54 Å². The molecule has 4 rings (SSSR count). The molecule has 20 heavy (non-hydrogen) atoms. The van der Waals surface area contributed by atoms with Gasteiger partial charge < -0.3 is 0 Å². The molecule has 0 N–H and O–H groups in total. The van der Waals surface area contributed by atoms with Crippen LogP contribution in [0.3, 0.4) is 0 Å². The third kappa shape index (κ3) is 1.63. The number of aryl methyl sites for hydroxylation is 1. The van der Waals surface area contributed by atoms with E-state index in [9.17, 15) is 4.79 Å². The molecule has 102 valence electrons. The summed E-state index contributed by atoms with van der Waals surface area (Å²) >= 11 is 9.13. The number of hydrogen-bond acceptors (Lipinski definition) is 5. The zero-order valence-corrected chi connectivity index (χ0v) is 12.8. The van der Waals surface area contributed by atoms with Gasteiger partial charge in [-0.3, -0.25) is 18.8 Å². The molecule has 8 heteroatoms. The third-order valence-electron chi connectivity index (χ3n) is 3.25.